The molecule has 1 aromatic carbocycles. The zero-order valence-electron chi connectivity index (χ0n) is 17.7. The van der Waals surface area contributed by atoms with Crippen molar-refractivity contribution in [1.29, 1.82) is 0 Å². The van der Waals surface area contributed by atoms with E-state index < -0.39 is 6.23 Å². The second-order valence-electron chi connectivity index (χ2n) is 6.64. The van der Waals surface area contributed by atoms with E-state index in [1.165, 1.54) is 0 Å². The van der Waals surface area contributed by atoms with Gasteiger partial charge >= 0.3 is 0 Å². The fourth-order valence-corrected chi connectivity index (χ4v) is 2.55. The molecule has 0 aliphatic rings. The first-order chi connectivity index (χ1) is 15.4. The van der Waals surface area contributed by atoms with Gasteiger partial charge in [-0.15, -0.1) is 0 Å². The zero-order chi connectivity index (χ0) is 23.3. The topological polar surface area (TPSA) is 146 Å². The van der Waals surface area contributed by atoms with Crippen molar-refractivity contribution >= 4 is 29.1 Å². The number of carbonyl (C=O) groups is 1. The molecular formula is C22H27ClN6O3. The largest absolute Gasteiger partial charge is 0.396 e. The lowest BCUT2D eigenvalue weighted by molar-refractivity contribution is 0.0946. The number of rotatable bonds is 8. The molecule has 0 bridgehead atoms. The average Bonchev–Trinajstić information content (AvgIpc) is 2.80. The van der Waals surface area contributed by atoms with Gasteiger partial charge < -0.3 is 26.6 Å². The van der Waals surface area contributed by atoms with E-state index in [4.69, 9.17) is 27.5 Å². The number of nitrogens with one attached hydrogen (secondary N) is 2. The minimum atomic E-state index is -0.616. The van der Waals surface area contributed by atoms with Gasteiger partial charge in [0.2, 0.25) is 5.95 Å². The minimum absolute atomic E-state index is 0.0249. The monoisotopic (exact) mass is 458 g/mol. The van der Waals surface area contributed by atoms with E-state index in [1.54, 1.807) is 42.7 Å². The highest BCUT2D eigenvalue weighted by Gasteiger charge is 2.10. The normalized spacial score (nSPS) is 11.2. The third kappa shape index (κ3) is 8.56. The first-order valence-electron chi connectivity index (χ1n) is 10.1. The number of aromatic nitrogens is 3. The second kappa shape index (κ2) is 13.3. The van der Waals surface area contributed by atoms with Crippen molar-refractivity contribution in [2.45, 2.75) is 26.0 Å². The quantitative estimate of drug-likeness (QED) is 0.256. The molecule has 0 aliphatic carbocycles. The van der Waals surface area contributed by atoms with Crippen molar-refractivity contribution in [1.82, 2.24) is 20.3 Å². The van der Waals surface area contributed by atoms with Gasteiger partial charge in [0.05, 0.1) is 5.69 Å². The number of halogens is 1. The lowest BCUT2D eigenvalue weighted by Crippen LogP contribution is -2.25. The van der Waals surface area contributed by atoms with Crippen LogP contribution in [0.25, 0.3) is 11.3 Å². The molecule has 2 heterocycles. The summed E-state index contributed by atoms with van der Waals surface area (Å²) in [5, 5.41) is 23.4. The number of aliphatic hydroxyl groups excluding tert-OH is 2. The van der Waals surface area contributed by atoms with E-state index in [9.17, 15) is 4.79 Å². The molecule has 170 valence electrons. The molecule has 1 amide bonds. The highest BCUT2D eigenvalue weighted by Crippen LogP contribution is 2.21. The van der Waals surface area contributed by atoms with Crippen molar-refractivity contribution in [3.63, 3.8) is 0 Å². The number of anilines is 2. The molecule has 1 unspecified atom stereocenters. The summed E-state index contributed by atoms with van der Waals surface area (Å²) < 4.78 is 0. The molecule has 3 aromatic rings. The van der Waals surface area contributed by atoms with Crippen molar-refractivity contribution < 1.29 is 15.0 Å². The Bertz CT molecular complexity index is 1000. The van der Waals surface area contributed by atoms with Gasteiger partial charge in [-0.3, -0.25) is 9.78 Å². The predicted molar refractivity (Wildman–Crippen MR) is 125 cm³/mol. The van der Waals surface area contributed by atoms with Gasteiger partial charge in [-0.05, 0) is 49.2 Å². The summed E-state index contributed by atoms with van der Waals surface area (Å²) in [4.78, 5) is 24.9. The van der Waals surface area contributed by atoms with Gasteiger partial charge in [0.1, 0.15) is 11.9 Å². The van der Waals surface area contributed by atoms with E-state index in [-0.39, 0.29) is 18.2 Å². The lowest BCUT2D eigenvalue weighted by Gasteiger charge is -2.08. The Labute approximate surface area is 191 Å². The molecule has 32 heavy (non-hydrogen) atoms. The lowest BCUT2D eigenvalue weighted by atomic mass is 10.1. The molecule has 0 fully saturated rings. The Morgan fingerprint density at radius 3 is 2.62 bits per heavy atom. The van der Waals surface area contributed by atoms with Crippen LogP contribution < -0.4 is 16.4 Å². The van der Waals surface area contributed by atoms with E-state index in [0.29, 0.717) is 36.1 Å². The minimum Gasteiger partial charge on any atom is -0.396 e. The molecule has 0 saturated heterocycles. The molecule has 0 spiro atoms. The van der Waals surface area contributed by atoms with Crippen LogP contribution in [0.2, 0.25) is 5.02 Å². The van der Waals surface area contributed by atoms with E-state index in [0.717, 1.165) is 11.3 Å². The van der Waals surface area contributed by atoms with E-state index in [2.05, 4.69) is 25.6 Å². The van der Waals surface area contributed by atoms with Gasteiger partial charge in [0.25, 0.3) is 5.91 Å². The summed E-state index contributed by atoms with van der Waals surface area (Å²) in [5.41, 5.74) is 7.31. The summed E-state index contributed by atoms with van der Waals surface area (Å²) in [6, 6.07) is 12.5. The maximum atomic E-state index is 12.1. The number of nitrogens with two attached hydrogens (primary N) is 1. The van der Waals surface area contributed by atoms with Crippen LogP contribution in [-0.4, -0.2) is 50.5 Å². The van der Waals surface area contributed by atoms with Crippen LogP contribution >= 0.6 is 11.6 Å². The van der Waals surface area contributed by atoms with E-state index in [1.807, 2.05) is 19.1 Å². The number of hydrogen-bond donors (Lipinski definition) is 5. The standard InChI is InChI=1S/C19H18ClN5O2.C3H9NO/c20-14-3-1-4-15(12-14)24-19-23-9-6-16(25-19)13-5-8-21-17(11-13)18(27)22-7-2-10-26;1-2-3(4)5/h1,3-6,8-9,11-12,26H,2,7,10H2,(H,22,27)(H,23,24,25);3,5H,2,4H2,1H3. The Hall–Kier alpha value is -3.11. The third-order valence-electron chi connectivity index (χ3n) is 4.06. The number of benzene rings is 1. The summed E-state index contributed by atoms with van der Waals surface area (Å²) in [5.74, 6) is 0.122. The van der Waals surface area contributed by atoms with Crippen LogP contribution in [0.1, 0.15) is 30.3 Å². The number of hydrogen-bond acceptors (Lipinski definition) is 8. The number of amides is 1. The SMILES string of the molecule is CCC(N)O.O=C(NCCCO)c1cc(-c2ccnc(Nc3cccc(Cl)c3)n2)ccn1. The van der Waals surface area contributed by atoms with E-state index >= 15 is 0 Å². The maximum absolute atomic E-state index is 12.1. The summed E-state index contributed by atoms with van der Waals surface area (Å²) in [6.07, 6.45) is 3.71. The van der Waals surface area contributed by atoms with Gasteiger partial charge in [0, 0.05) is 41.8 Å². The van der Waals surface area contributed by atoms with Crippen molar-refractivity contribution in [2.24, 2.45) is 5.73 Å². The Morgan fingerprint density at radius 2 is 1.94 bits per heavy atom. The van der Waals surface area contributed by atoms with Gasteiger partial charge in [-0.25, -0.2) is 9.97 Å². The summed E-state index contributed by atoms with van der Waals surface area (Å²) >= 11 is 5.99. The predicted octanol–water partition coefficient (Wildman–Crippen LogP) is 2.72. The molecule has 2 aromatic heterocycles. The average molecular weight is 459 g/mol. The fourth-order valence-electron chi connectivity index (χ4n) is 2.36. The van der Waals surface area contributed by atoms with Gasteiger partial charge in [-0.2, -0.15) is 0 Å². The molecule has 10 heteroatoms. The molecule has 6 N–H and O–H groups in total. The highest BCUT2D eigenvalue weighted by atomic mass is 35.5. The Morgan fingerprint density at radius 1 is 1.19 bits per heavy atom. The van der Waals surface area contributed by atoms with Crippen LogP contribution in [0.4, 0.5) is 11.6 Å². The first-order valence-corrected chi connectivity index (χ1v) is 10.5. The molecule has 0 saturated carbocycles. The number of pyridine rings is 1. The fraction of sp³-hybridized carbons (Fsp3) is 0.273. The zero-order valence-corrected chi connectivity index (χ0v) is 18.5. The Kier molecular flexibility index (Phi) is 10.5. The molecule has 0 radical (unpaired) electrons. The van der Waals surface area contributed by atoms with Crippen molar-refractivity contribution in [3.05, 3.63) is 65.6 Å². The first kappa shape index (κ1) is 25.2. The second-order valence-corrected chi connectivity index (χ2v) is 7.08. The van der Waals surface area contributed by atoms with Crippen LogP contribution in [0.3, 0.4) is 0 Å². The van der Waals surface area contributed by atoms with Crippen molar-refractivity contribution in [2.75, 3.05) is 18.5 Å². The summed E-state index contributed by atoms with van der Waals surface area (Å²) in [7, 11) is 0. The van der Waals surface area contributed by atoms with Crippen LogP contribution in [-0.2, 0) is 0 Å². The van der Waals surface area contributed by atoms with Crippen LogP contribution in [0.5, 0.6) is 0 Å². The van der Waals surface area contributed by atoms with Gasteiger partial charge in [0.15, 0.2) is 0 Å². The third-order valence-corrected chi connectivity index (χ3v) is 4.30. The maximum Gasteiger partial charge on any atom is 0.269 e. The van der Waals surface area contributed by atoms with Gasteiger partial charge in [-0.1, -0.05) is 24.6 Å². The molecule has 1 atom stereocenters. The molecule has 3 rings (SSSR count). The summed E-state index contributed by atoms with van der Waals surface area (Å²) in [6.45, 7) is 2.24. The highest BCUT2D eigenvalue weighted by molar-refractivity contribution is 6.30. The van der Waals surface area contributed by atoms with Crippen LogP contribution in [0.15, 0.2) is 54.9 Å². The smallest absolute Gasteiger partial charge is 0.269 e. The molecular weight excluding hydrogens is 432 g/mol. The number of nitrogens with zero attached hydrogens (tertiary/aromatic N) is 3. The number of aliphatic hydroxyl groups is 2. The number of carbonyl (C=O) groups excluding carboxylic acids is 1. The van der Waals surface area contributed by atoms with Crippen LogP contribution in [0, 0.1) is 0 Å². The molecule has 0 aliphatic heterocycles. The molecule has 9 nitrogen and oxygen atoms in total. The Balaban J connectivity index is 0.000000654. The van der Waals surface area contributed by atoms with Crippen molar-refractivity contribution in [3.8, 4) is 11.3 Å².